The maximum atomic E-state index is 12.4. The van der Waals surface area contributed by atoms with E-state index >= 15 is 0 Å². The number of pyridine rings is 1. The second-order valence-electron chi connectivity index (χ2n) is 4.29. The summed E-state index contributed by atoms with van der Waals surface area (Å²) in [6, 6.07) is 9.13. The van der Waals surface area contributed by atoms with Crippen molar-refractivity contribution in [2.24, 2.45) is 0 Å². The summed E-state index contributed by atoms with van der Waals surface area (Å²) in [5.74, 6) is -0.217. The fourth-order valence-corrected chi connectivity index (χ4v) is 1.85. The van der Waals surface area contributed by atoms with Crippen LogP contribution in [0.15, 0.2) is 36.5 Å². The number of rotatable bonds is 2. The number of anilines is 2. The van der Waals surface area contributed by atoms with E-state index in [-0.39, 0.29) is 11.1 Å². The predicted octanol–water partition coefficient (Wildman–Crippen LogP) is 2.90. The molecule has 2 N–H and O–H groups in total. The standard InChI is InChI=1S/C14H14ClN3O/c1-9-3-5-10(6-4-9)18(2)14(19)11-7-13(15)17-8-12(11)16/h3-8H,16H2,1-2H3. The molecule has 1 amide bonds. The van der Waals surface area contributed by atoms with E-state index in [0.29, 0.717) is 11.3 Å². The van der Waals surface area contributed by atoms with Gasteiger partial charge in [0.05, 0.1) is 17.4 Å². The van der Waals surface area contributed by atoms with Crippen LogP contribution in [0.3, 0.4) is 0 Å². The van der Waals surface area contributed by atoms with Gasteiger partial charge in [-0.2, -0.15) is 0 Å². The molecule has 4 nitrogen and oxygen atoms in total. The molecule has 0 fully saturated rings. The summed E-state index contributed by atoms with van der Waals surface area (Å²) in [4.78, 5) is 17.7. The minimum absolute atomic E-state index is 0.217. The molecule has 0 bridgehead atoms. The number of carbonyl (C=O) groups is 1. The Labute approximate surface area is 116 Å². The molecule has 0 saturated heterocycles. The van der Waals surface area contributed by atoms with Crippen molar-refractivity contribution in [1.82, 2.24) is 4.98 Å². The SMILES string of the molecule is Cc1ccc(N(C)C(=O)c2cc(Cl)ncc2N)cc1. The smallest absolute Gasteiger partial charge is 0.260 e. The van der Waals surface area contributed by atoms with Gasteiger partial charge in [-0.25, -0.2) is 4.98 Å². The van der Waals surface area contributed by atoms with Crippen LogP contribution in [0, 0.1) is 6.92 Å². The van der Waals surface area contributed by atoms with Gasteiger partial charge in [0.15, 0.2) is 0 Å². The number of carbonyl (C=O) groups excluding carboxylic acids is 1. The van der Waals surface area contributed by atoms with Crippen LogP contribution >= 0.6 is 11.6 Å². The van der Waals surface area contributed by atoms with Gasteiger partial charge in [-0.1, -0.05) is 29.3 Å². The third-order valence-electron chi connectivity index (χ3n) is 2.86. The molecule has 0 atom stereocenters. The molecule has 2 aromatic rings. The van der Waals surface area contributed by atoms with Gasteiger partial charge in [0.25, 0.3) is 5.91 Å². The third kappa shape index (κ3) is 2.85. The Hall–Kier alpha value is -2.07. The van der Waals surface area contributed by atoms with Gasteiger partial charge < -0.3 is 10.6 Å². The number of aryl methyl sites for hydroxylation is 1. The van der Waals surface area contributed by atoms with Crippen molar-refractivity contribution < 1.29 is 4.79 Å². The van der Waals surface area contributed by atoms with Crippen LogP contribution in [0.2, 0.25) is 5.15 Å². The van der Waals surface area contributed by atoms with Gasteiger partial charge >= 0.3 is 0 Å². The van der Waals surface area contributed by atoms with Crippen LogP contribution < -0.4 is 10.6 Å². The number of nitrogens with zero attached hydrogens (tertiary/aromatic N) is 2. The number of hydrogen-bond donors (Lipinski definition) is 1. The van der Waals surface area contributed by atoms with E-state index in [4.69, 9.17) is 17.3 Å². The Morgan fingerprint density at radius 2 is 1.95 bits per heavy atom. The first-order valence-electron chi connectivity index (χ1n) is 5.75. The molecule has 1 aromatic carbocycles. The average molecular weight is 276 g/mol. The molecule has 98 valence electrons. The fraction of sp³-hybridized carbons (Fsp3) is 0.143. The molecule has 0 radical (unpaired) electrons. The molecule has 5 heteroatoms. The number of benzene rings is 1. The van der Waals surface area contributed by atoms with Gasteiger partial charge in [-0.3, -0.25) is 4.79 Å². The summed E-state index contributed by atoms with van der Waals surface area (Å²) in [6.45, 7) is 1.99. The molecule has 0 aliphatic rings. The topological polar surface area (TPSA) is 59.2 Å². The lowest BCUT2D eigenvalue weighted by Gasteiger charge is -2.18. The van der Waals surface area contributed by atoms with Crippen molar-refractivity contribution in [3.05, 3.63) is 52.8 Å². The molecule has 1 aromatic heterocycles. The van der Waals surface area contributed by atoms with E-state index in [1.165, 1.54) is 17.2 Å². The molecule has 19 heavy (non-hydrogen) atoms. The Kier molecular flexibility index (Phi) is 3.71. The van der Waals surface area contributed by atoms with Gasteiger partial charge in [-0.15, -0.1) is 0 Å². The van der Waals surface area contributed by atoms with E-state index in [1.54, 1.807) is 7.05 Å². The van der Waals surface area contributed by atoms with Crippen molar-refractivity contribution in [3.8, 4) is 0 Å². The summed E-state index contributed by atoms with van der Waals surface area (Å²) in [7, 11) is 1.70. The Morgan fingerprint density at radius 1 is 1.32 bits per heavy atom. The summed E-state index contributed by atoms with van der Waals surface area (Å²) < 4.78 is 0. The number of hydrogen-bond acceptors (Lipinski definition) is 3. The molecule has 0 saturated carbocycles. The highest BCUT2D eigenvalue weighted by Gasteiger charge is 2.16. The van der Waals surface area contributed by atoms with E-state index in [0.717, 1.165) is 11.3 Å². The number of amides is 1. The Morgan fingerprint density at radius 3 is 2.58 bits per heavy atom. The minimum Gasteiger partial charge on any atom is -0.397 e. The van der Waals surface area contributed by atoms with E-state index < -0.39 is 0 Å². The van der Waals surface area contributed by atoms with Crippen molar-refractivity contribution >= 4 is 28.9 Å². The summed E-state index contributed by atoms with van der Waals surface area (Å²) in [5, 5.41) is 0.245. The van der Waals surface area contributed by atoms with Crippen molar-refractivity contribution in [2.75, 3.05) is 17.7 Å². The van der Waals surface area contributed by atoms with Crippen LogP contribution in [0.25, 0.3) is 0 Å². The summed E-state index contributed by atoms with van der Waals surface area (Å²) >= 11 is 5.79. The normalized spacial score (nSPS) is 10.3. The van der Waals surface area contributed by atoms with E-state index in [2.05, 4.69) is 4.98 Å². The van der Waals surface area contributed by atoms with E-state index in [1.807, 2.05) is 31.2 Å². The molecule has 0 aliphatic heterocycles. The lowest BCUT2D eigenvalue weighted by atomic mass is 10.1. The molecular weight excluding hydrogens is 262 g/mol. The number of halogens is 1. The van der Waals surface area contributed by atoms with Crippen LogP contribution in [-0.2, 0) is 0 Å². The highest BCUT2D eigenvalue weighted by Crippen LogP contribution is 2.20. The molecule has 0 unspecified atom stereocenters. The van der Waals surface area contributed by atoms with Crippen LogP contribution in [0.4, 0.5) is 11.4 Å². The van der Waals surface area contributed by atoms with Crippen molar-refractivity contribution in [3.63, 3.8) is 0 Å². The first kappa shape index (κ1) is 13.4. The molecule has 1 heterocycles. The van der Waals surface area contributed by atoms with Gasteiger partial charge in [0, 0.05) is 12.7 Å². The summed E-state index contributed by atoms with van der Waals surface area (Å²) in [6.07, 6.45) is 1.39. The molecule has 0 aliphatic carbocycles. The summed E-state index contributed by atoms with van der Waals surface area (Å²) in [5.41, 5.74) is 8.35. The average Bonchev–Trinajstić information content (AvgIpc) is 2.41. The lowest BCUT2D eigenvalue weighted by Crippen LogP contribution is -2.27. The molecule has 2 rings (SSSR count). The zero-order chi connectivity index (χ0) is 14.0. The highest BCUT2D eigenvalue weighted by molar-refractivity contribution is 6.30. The largest absolute Gasteiger partial charge is 0.397 e. The van der Waals surface area contributed by atoms with Gasteiger partial charge in [0.2, 0.25) is 0 Å². The Balaban J connectivity index is 2.33. The maximum absolute atomic E-state index is 12.4. The number of nitrogen functional groups attached to an aromatic ring is 1. The highest BCUT2D eigenvalue weighted by atomic mass is 35.5. The zero-order valence-corrected chi connectivity index (χ0v) is 11.5. The third-order valence-corrected chi connectivity index (χ3v) is 3.06. The fourth-order valence-electron chi connectivity index (χ4n) is 1.69. The predicted molar refractivity (Wildman–Crippen MR) is 77.6 cm³/mol. The number of aromatic nitrogens is 1. The molecular formula is C14H14ClN3O. The van der Waals surface area contributed by atoms with Crippen LogP contribution in [0.5, 0.6) is 0 Å². The monoisotopic (exact) mass is 275 g/mol. The Bertz CT molecular complexity index is 611. The van der Waals surface area contributed by atoms with Crippen molar-refractivity contribution in [1.29, 1.82) is 0 Å². The van der Waals surface area contributed by atoms with Gasteiger partial charge in [0.1, 0.15) is 5.15 Å². The molecule has 0 spiro atoms. The second-order valence-corrected chi connectivity index (χ2v) is 4.68. The van der Waals surface area contributed by atoms with E-state index in [9.17, 15) is 4.79 Å². The quantitative estimate of drug-likeness (QED) is 0.858. The van der Waals surface area contributed by atoms with Crippen LogP contribution in [-0.4, -0.2) is 17.9 Å². The second kappa shape index (κ2) is 5.28. The first-order valence-corrected chi connectivity index (χ1v) is 6.12. The minimum atomic E-state index is -0.217. The van der Waals surface area contributed by atoms with Gasteiger partial charge in [-0.05, 0) is 25.1 Å². The first-order chi connectivity index (χ1) is 8.99. The maximum Gasteiger partial charge on any atom is 0.260 e. The van der Waals surface area contributed by atoms with Crippen molar-refractivity contribution in [2.45, 2.75) is 6.92 Å². The zero-order valence-electron chi connectivity index (χ0n) is 10.7. The lowest BCUT2D eigenvalue weighted by molar-refractivity contribution is 0.0994. The van der Waals surface area contributed by atoms with Crippen LogP contribution in [0.1, 0.15) is 15.9 Å². The number of nitrogens with two attached hydrogens (primary N) is 1.